The molecule has 2 heteroatoms. The van der Waals surface area contributed by atoms with E-state index in [0.717, 1.165) is 27.1 Å². The molecule has 1 nitrogen and oxygen atoms in total. The summed E-state index contributed by atoms with van der Waals surface area (Å²) in [4.78, 5) is 2.24. The van der Waals surface area contributed by atoms with Crippen LogP contribution in [0.25, 0.3) is 0 Å². The van der Waals surface area contributed by atoms with Crippen LogP contribution in [0.2, 0.25) is 0 Å². The number of rotatable bonds is 3. The van der Waals surface area contributed by atoms with Gasteiger partial charge in [-0.1, -0.05) is 54.8 Å². The standard InChI is InChI=1S/C24H22BrN/c1-5-18-6-12-21(13-7-18)26(23-16-10-20(25)11-17-23)22-14-8-19(9-15-22)24(2,3)4/h1,6-17H,2-4H3. The van der Waals surface area contributed by atoms with E-state index in [4.69, 9.17) is 6.42 Å². The Morgan fingerprint density at radius 3 is 1.58 bits per heavy atom. The maximum atomic E-state index is 5.50. The summed E-state index contributed by atoms with van der Waals surface area (Å²) < 4.78 is 1.06. The minimum absolute atomic E-state index is 0.134. The van der Waals surface area contributed by atoms with Gasteiger partial charge in [0.1, 0.15) is 0 Å². The highest BCUT2D eigenvalue weighted by Gasteiger charge is 2.16. The second-order valence-electron chi connectivity index (χ2n) is 7.30. The van der Waals surface area contributed by atoms with Gasteiger partial charge in [0.2, 0.25) is 0 Å². The van der Waals surface area contributed by atoms with Crippen LogP contribution in [0.1, 0.15) is 31.9 Å². The largest absolute Gasteiger partial charge is 0.311 e. The molecular formula is C24H22BrN. The third-order valence-corrected chi connectivity index (χ3v) is 4.90. The molecule has 26 heavy (non-hydrogen) atoms. The van der Waals surface area contributed by atoms with E-state index in [1.54, 1.807) is 0 Å². The van der Waals surface area contributed by atoms with Crippen LogP contribution in [0.3, 0.4) is 0 Å². The third-order valence-electron chi connectivity index (χ3n) is 4.37. The lowest BCUT2D eigenvalue weighted by Gasteiger charge is -2.27. The lowest BCUT2D eigenvalue weighted by Crippen LogP contribution is -2.13. The average molecular weight is 404 g/mol. The van der Waals surface area contributed by atoms with Gasteiger partial charge in [-0.15, -0.1) is 6.42 Å². The molecule has 0 fully saturated rings. The first-order valence-corrected chi connectivity index (χ1v) is 9.41. The maximum Gasteiger partial charge on any atom is 0.0462 e. The van der Waals surface area contributed by atoms with E-state index < -0.39 is 0 Å². The minimum atomic E-state index is 0.134. The van der Waals surface area contributed by atoms with Gasteiger partial charge >= 0.3 is 0 Å². The van der Waals surface area contributed by atoms with Gasteiger partial charge in [0.15, 0.2) is 0 Å². The van der Waals surface area contributed by atoms with Crippen molar-refractivity contribution in [1.82, 2.24) is 0 Å². The molecule has 0 amide bonds. The second-order valence-corrected chi connectivity index (χ2v) is 8.22. The van der Waals surface area contributed by atoms with Crippen LogP contribution in [-0.2, 0) is 5.41 Å². The highest BCUT2D eigenvalue weighted by atomic mass is 79.9. The Kier molecular flexibility index (Phi) is 5.20. The molecule has 130 valence electrons. The molecule has 0 atom stereocenters. The summed E-state index contributed by atoms with van der Waals surface area (Å²) in [6, 6.07) is 25.2. The van der Waals surface area contributed by atoms with Gasteiger partial charge in [-0.2, -0.15) is 0 Å². The summed E-state index contributed by atoms with van der Waals surface area (Å²) in [6.45, 7) is 6.69. The molecule has 0 bridgehead atoms. The van der Waals surface area contributed by atoms with Crippen LogP contribution in [0, 0.1) is 12.3 Å². The van der Waals surface area contributed by atoms with Crippen molar-refractivity contribution in [2.45, 2.75) is 26.2 Å². The second kappa shape index (κ2) is 7.40. The van der Waals surface area contributed by atoms with Crippen molar-refractivity contribution in [3.05, 3.63) is 88.4 Å². The Hall–Kier alpha value is -2.50. The van der Waals surface area contributed by atoms with Gasteiger partial charge < -0.3 is 4.90 Å². The number of terminal acetylenes is 1. The average Bonchev–Trinajstić information content (AvgIpc) is 2.64. The van der Waals surface area contributed by atoms with E-state index in [1.165, 1.54) is 5.56 Å². The molecule has 0 aliphatic heterocycles. The molecule has 0 aliphatic carbocycles. The molecule has 0 spiro atoms. The van der Waals surface area contributed by atoms with E-state index >= 15 is 0 Å². The van der Waals surface area contributed by atoms with Crippen molar-refractivity contribution < 1.29 is 0 Å². The summed E-state index contributed by atoms with van der Waals surface area (Å²) in [5.41, 5.74) is 5.64. The monoisotopic (exact) mass is 403 g/mol. The van der Waals surface area contributed by atoms with Gasteiger partial charge in [-0.05, 0) is 71.6 Å². The molecule has 0 unspecified atom stereocenters. The molecular weight excluding hydrogens is 382 g/mol. The smallest absolute Gasteiger partial charge is 0.0462 e. The SMILES string of the molecule is C#Cc1ccc(N(c2ccc(Br)cc2)c2ccc(C(C)(C)C)cc2)cc1. The Morgan fingerprint density at radius 1 is 0.731 bits per heavy atom. The third kappa shape index (κ3) is 4.00. The van der Waals surface area contributed by atoms with E-state index in [2.05, 4.69) is 108 Å². The number of hydrogen-bond donors (Lipinski definition) is 0. The van der Waals surface area contributed by atoms with E-state index in [-0.39, 0.29) is 5.41 Å². The Bertz CT molecular complexity index is 908. The number of halogens is 1. The molecule has 3 aromatic carbocycles. The van der Waals surface area contributed by atoms with Gasteiger partial charge in [-0.3, -0.25) is 0 Å². The predicted octanol–water partition coefficient (Wildman–Crippen LogP) is 7.20. The first-order valence-electron chi connectivity index (χ1n) is 8.61. The van der Waals surface area contributed by atoms with Crippen molar-refractivity contribution in [2.75, 3.05) is 4.90 Å². The van der Waals surface area contributed by atoms with Crippen molar-refractivity contribution in [2.24, 2.45) is 0 Å². The van der Waals surface area contributed by atoms with Crippen molar-refractivity contribution in [1.29, 1.82) is 0 Å². The van der Waals surface area contributed by atoms with Crippen LogP contribution < -0.4 is 4.90 Å². The van der Waals surface area contributed by atoms with Crippen LogP contribution in [0.5, 0.6) is 0 Å². The molecule has 0 saturated heterocycles. The molecule has 0 saturated carbocycles. The topological polar surface area (TPSA) is 3.24 Å². The highest BCUT2D eigenvalue weighted by molar-refractivity contribution is 9.10. The van der Waals surface area contributed by atoms with Gasteiger partial charge in [0.25, 0.3) is 0 Å². The zero-order valence-electron chi connectivity index (χ0n) is 15.3. The fourth-order valence-corrected chi connectivity index (χ4v) is 3.12. The Morgan fingerprint density at radius 2 is 1.15 bits per heavy atom. The molecule has 3 aromatic rings. The van der Waals surface area contributed by atoms with Crippen LogP contribution in [0.15, 0.2) is 77.3 Å². The van der Waals surface area contributed by atoms with Gasteiger partial charge in [0.05, 0.1) is 0 Å². The summed E-state index contributed by atoms with van der Waals surface area (Å²) >= 11 is 3.52. The quantitative estimate of drug-likeness (QED) is 0.417. The highest BCUT2D eigenvalue weighted by Crippen LogP contribution is 2.36. The van der Waals surface area contributed by atoms with Gasteiger partial charge in [-0.25, -0.2) is 0 Å². The summed E-state index contributed by atoms with van der Waals surface area (Å²) in [5.74, 6) is 2.68. The number of hydrogen-bond acceptors (Lipinski definition) is 1. The number of anilines is 3. The van der Waals surface area contributed by atoms with Gasteiger partial charge in [0, 0.05) is 27.1 Å². The summed E-state index contributed by atoms with van der Waals surface area (Å²) in [5, 5.41) is 0. The lowest BCUT2D eigenvalue weighted by molar-refractivity contribution is 0.590. The normalized spacial score (nSPS) is 11.0. The predicted molar refractivity (Wildman–Crippen MR) is 115 cm³/mol. The van der Waals surface area contributed by atoms with Crippen LogP contribution in [0.4, 0.5) is 17.1 Å². The fraction of sp³-hybridized carbons (Fsp3) is 0.167. The zero-order valence-corrected chi connectivity index (χ0v) is 16.9. The first kappa shape index (κ1) is 18.3. The summed E-state index contributed by atoms with van der Waals surface area (Å²) in [7, 11) is 0. The Labute approximate surface area is 164 Å². The van der Waals surface area contributed by atoms with Crippen molar-refractivity contribution in [3.63, 3.8) is 0 Å². The molecule has 0 aromatic heterocycles. The number of nitrogens with zero attached hydrogens (tertiary/aromatic N) is 1. The van der Waals surface area contributed by atoms with Crippen molar-refractivity contribution in [3.8, 4) is 12.3 Å². The lowest BCUT2D eigenvalue weighted by atomic mass is 9.87. The van der Waals surface area contributed by atoms with Crippen molar-refractivity contribution >= 4 is 33.0 Å². The first-order chi connectivity index (χ1) is 12.4. The van der Waals surface area contributed by atoms with Crippen LogP contribution in [-0.4, -0.2) is 0 Å². The summed E-state index contributed by atoms with van der Waals surface area (Å²) in [6.07, 6.45) is 5.50. The van der Waals surface area contributed by atoms with E-state index in [9.17, 15) is 0 Å². The van der Waals surface area contributed by atoms with E-state index in [1.807, 2.05) is 12.1 Å². The maximum absolute atomic E-state index is 5.50. The zero-order chi connectivity index (χ0) is 18.7. The van der Waals surface area contributed by atoms with E-state index in [0.29, 0.717) is 0 Å². The number of benzene rings is 3. The molecule has 0 N–H and O–H groups in total. The fourth-order valence-electron chi connectivity index (χ4n) is 2.85. The molecule has 0 radical (unpaired) electrons. The minimum Gasteiger partial charge on any atom is -0.311 e. The molecule has 0 aliphatic rings. The molecule has 3 rings (SSSR count). The Balaban J connectivity index is 2.08. The molecule has 0 heterocycles. The van der Waals surface area contributed by atoms with Crippen LogP contribution >= 0.6 is 15.9 Å².